The van der Waals surface area contributed by atoms with Gasteiger partial charge < -0.3 is 10.2 Å². The number of carbonyl (C=O) groups excluding carboxylic acids is 2. The first-order chi connectivity index (χ1) is 11.0. The van der Waals surface area contributed by atoms with Gasteiger partial charge in [0.05, 0.1) is 0 Å². The third-order valence-corrected chi connectivity index (χ3v) is 3.87. The number of halogens is 1. The highest BCUT2D eigenvalue weighted by Gasteiger charge is 2.33. The summed E-state index contributed by atoms with van der Waals surface area (Å²) < 4.78 is 0. The maximum Gasteiger partial charge on any atom is 0.212 e. The molecule has 1 N–H and O–H groups in total. The van der Waals surface area contributed by atoms with Gasteiger partial charge >= 0.3 is 0 Å². The standard InChI is InChI=1S/C18H15ClN2O2/c1-21(2)16-15(20-12-7-5-6-11(19)10-12)17(22)13-8-3-4-9-14(13)18(16)23/h3-10,20H,1-2H3. The van der Waals surface area contributed by atoms with Crippen LogP contribution < -0.4 is 5.32 Å². The molecule has 23 heavy (non-hydrogen) atoms. The maximum atomic E-state index is 12.8. The van der Waals surface area contributed by atoms with Crippen LogP contribution in [-0.4, -0.2) is 30.6 Å². The third kappa shape index (κ3) is 2.73. The number of anilines is 1. The number of nitrogens with one attached hydrogen (secondary N) is 1. The van der Waals surface area contributed by atoms with Crippen LogP contribution in [0.2, 0.25) is 5.02 Å². The molecule has 0 aromatic heterocycles. The molecule has 2 aromatic rings. The molecule has 0 amide bonds. The van der Waals surface area contributed by atoms with E-state index < -0.39 is 0 Å². The van der Waals surface area contributed by atoms with Gasteiger partial charge in [0.2, 0.25) is 11.6 Å². The lowest BCUT2D eigenvalue weighted by atomic mass is 9.89. The Morgan fingerprint density at radius 2 is 1.57 bits per heavy atom. The minimum atomic E-state index is -0.205. The van der Waals surface area contributed by atoms with Gasteiger partial charge in [0.15, 0.2) is 0 Å². The highest BCUT2D eigenvalue weighted by Crippen LogP contribution is 2.28. The van der Waals surface area contributed by atoms with Crippen LogP contribution in [0.15, 0.2) is 59.9 Å². The number of benzene rings is 2. The quantitative estimate of drug-likeness (QED) is 0.936. The zero-order valence-corrected chi connectivity index (χ0v) is 13.5. The maximum absolute atomic E-state index is 12.8. The van der Waals surface area contributed by atoms with E-state index in [1.54, 1.807) is 67.5 Å². The van der Waals surface area contributed by atoms with Crippen molar-refractivity contribution in [2.24, 2.45) is 0 Å². The molecule has 1 aliphatic rings. The van der Waals surface area contributed by atoms with E-state index in [-0.39, 0.29) is 17.3 Å². The summed E-state index contributed by atoms with van der Waals surface area (Å²) in [6.07, 6.45) is 0. The molecule has 0 spiro atoms. The van der Waals surface area contributed by atoms with Crippen molar-refractivity contribution in [2.75, 3.05) is 19.4 Å². The monoisotopic (exact) mass is 326 g/mol. The summed E-state index contributed by atoms with van der Waals surface area (Å²) in [7, 11) is 3.49. The third-order valence-electron chi connectivity index (χ3n) is 3.64. The molecule has 0 bridgehead atoms. The molecule has 0 saturated carbocycles. The van der Waals surface area contributed by atoms with Crippen LogP contribution in [0.3, 0.4) is 0 Å². The van der Waals surface area contributed by atoms with Crippen LogP contribution in [0.4, 0.5) is 5.69 Å². The van der Waals surface area contributed by atoms with Gasteiger partial charge in [-0.25, -0.2) is 0 Å². The fourth-order valence-electron chi connectivity index (χ4n) is 2.62. The second-order valence-electron chi connectivity index (χ2n) is 5.46. The van der Waals surface area contributed by atoms with Crippen LogP contribution in [0.5, 0.6) is 0 Å². The highest BCUT2D eigenvalue weighted by molar-refractivity contribution is 6.31. The minimum absolute atomic E-state index is 0.172. The Morgan fingerprint density at radius 3 is 2.17 bits per heavy atom. The molecule has 0 radical (unpaired) electrons. The van der Waals surface area contributed by atoms with E-state index in [0.717, 1.165) is 0 Å². The van der Waals surface area contributed by atoms with Gasteiger partial charge in [0, 0.05) is 35.9 Å². The molecule has 116 valence electrons. The Balaban J connectivity index is 2.13. The first-order valence-corrected chi connectivity index (χ1v) is 7.49. The van der Waals surface area contributed by atoms with Gasteiger partial charge in [-0.05, 0) is 18.2 Å². The van der Waals surface area contributed by atoms with Gasteiger partial charge in [-0.1, -0.05) is 41.9 Å². The van der Waals surface area contributed by atoms with E-state index in [1.165, 1.54) is 0 Å². The SMILES string of the molecule is CN(C)C1=C(Nc2cccc(Cl)c2)C(=O)c2ccccc2C1=O. The summed E-state index contributed by atoms with van der Waals surface area (Å²) in [5.74, 6) is -0.376. The Morgan fingerprint density at radius 1 is 0.913 bits per heavy atom. The van der Waals surface area contributed by atoms with Crippen LogP contribution in [-0.2, 0) is 0 Å². The molecule has 3 rings (SSSR count). The number of fused-ring (bicyclic) bond motifs is 1. The number of hydrogen-bond donors (Lipinski definition) is 1. The van der Waals surface area contributed by atoms with Crippen molar-refractivity contribution in [3.63, 3.8) is 0 Å². The Labute approximate surface area is 139 Å². The smallest absolute Gasteiger partial charge is 0.212 e. The average molecular weight is 327 g/mol. The Kier molecular flexibility index (Phi) is 3.92. The summed E-state index contributed by atoms with van der Waals surface area (Å²) in [5, 5.41) is 3.61. The van der Waals surface area contributed by atoms with Crippen LogP contribution >= 0.6 is 11.6 Å². The van der Waals surface area contributed by atoms with Gasteiger partial charge in [-0.3, -0.25) is 9.59 Å². The van der Waals surface area contributed by atoms with Gasteiger partial charge in [0.25, 0.3) is 0 Å². The first-order valence-electron chi connectivity index (χ1n) is 7.11. The largest absolute Gasteiger partial charge is 0.373 e. The summed E-state index contributed by atoms with van der Waals surface area (Å²) in [6, 6.07) is 13.9. The number of nitrogens with zero attached hydrogens (tertiary/aromatic N) is 1. The molecule has 2 aromatic carbocycles. The molecule has 4 nitrogen and oxygen atoms in total. The van der Waals surface area contributed by atoms with Crippen LogP contribution in [0.25, 0.3) is 0 Å². The fraction of sp³-hybridized carbons (Fsp3) is 0.111. The topological polar surface area (TPSA) is 49.4 Å². The molecule has 0 atom stereocenters. The molecule has 0 fully saturated rings. The van der Waals surface area contributed by atoms with E-state index in [9.17, 15) is 9.59 Å². The summed E-state index contributed by atoms with van der Waals surface area (Å²) in [5.41, 5.74) is 2.10. The number of hydrogen-bond acceptors (Lipinski definition) is 4. The lowest BCUT2D eigenvalue weighted by molar-refractivity contribution is 0.0953. The van der Waals surface area contributed by atoms with Gasteiger partial charge in [-0.15, -0.1) is 0 Å². The van der Waals surface area contributed by atoms with Crippen molar-refractivity contribution >= 4 is 28.9 Å². The molecular formula is C18H15ClN2O2. The molecule has 0 aliphatic heterocycles. The number of allylic oxidation sites excluding steroid dienone is 2. The number of likely N-dealkylation sites (N-methyl/N-ethyl adjacent to an activating group) is 1. The van der Waals surface area contributed by atoms with Crippen LogP contribution in [0.1, 0.15) is 20.7 Å². The van der Waals surface area contributed by atoms with Crippen molar-refractivity contribution < 1.29 is 9.59 Å². The molecule has 0 unspecified atom stereocenters. The Bertz CT molecular complexity index is 840. The van der Waals surface area contributed by atoms with E-state index in [1.807, 2.05) is 0 Å². The zero-order chi connectivity index (χ0) is 16.6. The van der Waals surface area contributed by atoms with E-state index in [2.05, 4.69) is 5.32 Å². The highest BCUT2D eigenvalue weighted by atomic mass is 35.5. The Hall–Kier alpha value is -2.59. The second kappa shape index (κ2) is 5.89. The fourth-order valence-corrected chi connectivity index (χ4v) is 2.81. The summed E-state index contributed by atoms with van der Waals surface area (Å²) >= 11 is 5.99. The number of carbonyl (C=O) groups is 2. The zero-order valence-electron chi connectivity index (χ0n) is 12.8. The van der Waals surface area contributed by atoms with Crippen molar-refractivity contribution in [3.05, 3.63) is 76.1 Å². The van der Waals surface area contributed by atoms with Crippen molar-refractivity contribution in [3.8, 4) is 0 Å². The summed E-state index contributed by atoms with van der Waals surface area (Å²) in [6.45, 7) is 0. The molecule has 1 aliphatic carbocycles. The minimum Gasteiger partial charge on any atom is -0.373 e. The van der Waals surface area contributed by atoms with Gasteiger partial charge in [0.1, 0.15) is 11.4 Å². The first kappa shape index (κ1) is 15.3. The lowest BCUT2D eigenvalue weighted by Crippen LogP contribution is -2.32. The number of Topliss-reactive ketones (excluding diaryl/α,β-unsaturated/α-hetero) is 2. The average Bonchev–Trinajstić information content (AvgIpc) is 2.52. The summed E-state index contributed by atoms with van der Waals surface area (Å²) in [4.78, 5) is 27.2. The predicted molar refractivity (Wildman–Crippen MR) is 90.9 cm³/mol. The van der Waals surface area contributed by atoms with E-state index in [4.69, 9.17) is 11.6 Å². The lowest BCUT2D eigenvalue weighted by Gasteiger charge is -2.26. The second-order valence-corrected chi connectivity index (χ2v) is 5.89. The van der Waals surface area contributed by atoms with Crippen molar-refractivity contribution in [1.82, 2.24) is 4.90 Å². The molecule has 0 heterocycles. The normalized spacial score (nSPS) is 13.9. The molecular weight excluding hydrogens is 312 g/mol. The number of rotatable bonds is 3. The van der Waals surface area contributed by atoms with Gasteiger partial charge in [-0.2, -0.15) is 0 Å². The molecule has 0 saturated heterocycles. The van der Waals surface area contributed by atoms with Crippen molar-refractivity contribution in [2.45, 2.75) is 0 Å². The number of ketones is 2. The van der Waals surface area contributed by atoms with Crippen molar-refractivity contribution in [1.29, 1.82) is 0 Å². The van der Waals surface area contributed by atoms with E-state index >= 15 is 0 Å². The molecule has 5 heteroatoms. The van der Waals surface area contributed by atoms with E-state index in [0.29, 0.717) is 27.5 Å². The van der Waals surface area contributed by atoms with Crippen LogP contribution in [0, 0.1) is 0 Å². The predicted octanol–water partition coefficient (Wildman–Crippen LogP) is 3.60.